The first-order valence-electron chi connectivity index (χ1n) is 10.0. The van der Waals surface area contributed by atoms with E-state index in [1.807, 2.05) is 44.2 Å². The fourth-order valence-electron chi connectivity index (χ4n) is 3.66. The maximum atomic E-state index is 12.7. The number of phenols is 1. The fourth-order valence-corrected chi connectivity index (χ4v) is 3.66. The van der Waals surface area contributed by atoms with Crippen molar-refractivity contribution >= 4 is 17.9 Å². The number of phenolic OH excluding ortho intramolecular Hbond substituents is 1. The molecular weight excluding hydrogens is 380 g/mol. The molecule has 0 bridgehead atoms. The standard InChI is InChI=1S/C25H26O5/c1-24(2)12-11-16-13-15(6-9-20(16)30-24)5-8-19(26)17-7-10-21-18(23(17)27)14-22(29-21)25(3,4)28/h5-13,22,27-28H,14H2,1-4H3. The third-order valence-electron chi connectivity index (χ3n) is 5.45. The van der Waals surface area contributed by atoms with Crippen molar-refractivity contribution in [3.63, 3.8) is 0 Å². The van der Waals surface area contributed by atoms with Gasteiger partial charge in [0.25, 0.3) is 0 Å². The van der Waals surface area contributed by atoms with Crippen LogP contribution in [0.2, 0.25) is 0 Å². The molecule has 2 aromatic carbocycles. The quantitative estimate of drug-likeness (QED) is 0.576. The van der Waals surface area contributed by atoms with Gasteiger partial charge >= 0.3 is 0 Å². The molecule has 0 radical (unpaired) electrons. The van der Waals surface area contributed by atoms with Crippen LogP contribution in [0.5, 0.6) is 17.2 Å². The van der Waals surface area contributed by atoms with Crippen molar-refractivity contribution in [1.82, 2.24) is 0 Å². The zero-order chi connectivity index (χ0) is 21.7. The third-order valence-corrected chi connectivity index (χ3v) is 5.45. The summed E-state index contributed by atoms with van der Waals surface area (Å²) in [6.45, 7) is 7.32. The molecule has 2 heterocycles. The van der Waals surface area contributed by atoms with Crippen LogP contribution in [0.25, 0.3) is 12.2 Å². The second-order valence-electron chi connectivity index (χ2n) is 8.94. The van der Waals surface area contributed by atoms with Crippen molar-refractivity contribution in [2.24, 2.45) is 0 Å². The topological polar surface area (TPSA) is 76.0 Å². The number of fused-ring (bicyclic) bond motifs is 2. The van der Waals surface area contributed by atoms with E-state index in [9.17, 15) is 15.0 Å². The molecule has 2 aromatic rings. The van der Waals surface area contributed by atoms with Crippen molar-refractivity contribution in [3.05, 3.63) is 64.7 Å². The summed E-state index contributed by atoms with van der Waals surface area (Å²) < 4.78 is 11.6. The molecular formula is C25H26O5. The Balaban J connectivity index is 1.54. The summed E-state index contributed by atoms with van der Waals surface area (Å²) in [5.41, 5.74) is 1.21. The van der Waals surface area contributed by atoms with Crippen LogP contribution in [0, 0.1) is 0 Å². The van der Waals surface area contributed by atoms with Crippen molar-refractivity contribution < 1.29 is 24.5 Å². The van der Waals surface area contributed by atoms with E-state index in [-0.39, 0.29) is 22.7 Å². The van der Waals surface area contributed by atoms with Crippen LogP contribution in [-0.4, -0.2) is 33.3 Å². The van der Waals surface area contributed by atoms with Crippen molar-refractivity contribution in [2.75, 3.05) is 0 Å². The molecule has 5 heteroatoms. The molecule has 0 spiro atoms. The van der Waals surface area contributed by atoms with Gasteiger partial charge in [0.1, 0.15) is 29.0 Å². The second-order valence-corrected chi connectivity index (χ2v) is 8.94. The van der Waals surface area contributed by atoms with E-state index in [2.05, 4.69) is 0 Å². The fraction of sp³-hybridized carbons (Fsp3) is 0.320. The molecule has 1 unspecified atom stereocenters. The van der Waals surface area contributed by atoms with Gasteiger partial charge in [0.05, 0.1) is 11.2 Å². The number of carbonyl (C=O) groups excluding carboxylic acids is 1. The Bertz CT molecular complexity index is 1070. The van der Waals surface area contributed by atoms with Crippen LogP contribution in [0.15, 0.2) is 42.5 Å². The van der Waals surface area contributed by atoms with Crippen molar-refractivity contribution in [1.29, 1.82) is 0 Å². The van der Waals surface area contributed by atoms with E-state index in [0.717, 1.165) is 16.9 Å². The van der Waals surface area contributed by atoms with Gasteiger partial charge in [-0.1, -0.05) is 18.2 Å². The lowest BCUT2D eigenvalue weighted by Gasteiger charge is -2.27. The number of benzene rings is 2. The zero-order valence-electron chi connectivity index (χ0n) is 17.6. The lowest BCUT2D eigenvalue weighted by atomic mass is 9.95. The van der Waals surface area contributed by atoms with Crippen LogP contribution < -0.4 is 9.47 Å². The van der Waals surface area contributed by atoms with Crippen LogP contribution >= 0.6 is 0 Å². The summed E-state index contributed by atoms with van der Waals surface area (Å²) in [4.78, 5) is 12.7. The lowest BCUT2D eigenvalue weighted by Crippen LogP contribution is -2.39. The Morgan fingerprint density at radius 1 is 1.20 bits per heavy atom. The van der Waals surface area contributed by atoms with Crippen LogP contribution in [0.1, 0.15) is 54.7 Å². The van der Waals surface area contributed by atoms with Crippen molar-refractivity contribution in [2.45, 2.75) is 51.4 Å². The van der Waals surface area contributed by atoms with Crippen LogP contribution in [0.4, 0.5) is 0 Å². The molecule has 30 heavy (non-hydrogen) atoms. The molecule has 1 atom stereocenters. The number of allylic oxidation sites excluding steroid dienone is 1. The second kappa shape index (κ2) is 7.03. The Morgan fingerprint density at radius 2 is 1.93 bits per heavy atom. The molecule has 0 saturated heterocycles. The SMILES string of the molecule is CC1(C)C=Cc2cc(C=CC(=O)c3ccc4c(c3O)CC(C(C)(C)O)O4)ccc2O1. The van der Waals surface area contributed by atoms with Crippen molar-refractivity contribution in [3.8, 4) is 17.2 Å². The average molecular weight is 406 g/mol. The number of rotatable bonds is 4. The smallest absolute Gasteiger partial charge is 0.189 e. The lowest BCUT2D eigenvalue weighted by molar-refractivity contribution is -0.0229. The first-order valence-corrected chi connectivity index (χ1v) is 10.0. The summed E-state index contributed by atoms with van der Waals surface area (Å²) in [5.74, 6) is 0.929. The minimum atomic E-state index is -1.05. The third kappa shape index (κ3) is 3.85. The Kier molecular flexibility index (Phi) is 4.74. The predicted octanol–water partition coefficient (Wildman–Crippen LogP) is 4.55. The van der Waals surface area contributed by atoms with Gasteiger partial charge < -0.3 is 19.7 Å². The first-order chi connectivity index (χ1) is 14.0. The van der Waals surface area contributed by atoms with E-state index in [1.165, 1.54) is 6.08 Å². The molecule has 0 fully saturated rings. The number of aromatic hydroxyl groups is 1. The first kappa shape index (κ1) is 20.2. The van der Waals surface area contributed by atoms with E-state index < -0.39 is 11.7 Å². The Morgan fingerprint density at radius 3 is 2.67 bits per heavy atom. The molecule has 0 saturated carbocycles. The highest BCUT2D eigenvalue weighted by atomic mass is 16.5. The molecule has 2 aliphatic rings. The van der Waals surface area contributed by atoms with E-state index in [4.69, 9.17) is 9.47 Å². The number of carbonyl (C=O) groups is 1. The number of hydrogen-bond donors (Lipinski definition) is 2. The summed E-state index contributed by atoms with van der Waals surface area (Å²) in [6, 6.07) is 8.97. The monoisotopic (exact) mass is 406 g/mol. The number of aliphatic hydroxyl groups is 1. The average Bonchev–Trinajstić information content (AvgIpc) is 3.11. The minimum Gasteiger partial charge on any atom is -0.507 e. The van der Waals surface area contributed by atoms with Crippen LogP contribution in [-0.2, 0) is 6.42 Å². The zero-order valence-corrected chi connectivity index (χ0v) is 17.6. The molecule has 0 amide bonds. The highest BCUT2D eigenvalue weighted by Crippen LogP contribution is 2.40. The van der Waals surface area contributed by atoms with Gasteiger partial charge in [-0.3, -0.25) is 4.79 Å². The van der Waals surface area contributed by atoms with E-state index in [0.29, 0.717) is 17.7 Å². The molecule has 2 N–H and O–H groups in total. The molecule has 5 nitrogen and oxygen atoms in total. The predicted molar refractivity (Wildman–Crippen MR) is 116 cm³/mol. The molecule has 2 aliphatic heterocycles. The van der Waals surface area contributed by atoms with Gasteiger partial charge in [-0.25, -0.2) is 0 Å². The van der Waals surface area contributed by atoms with Gasteiger partial charge in [-0.05, 0) is 69.7 Å². The Labute approximate surface area is 176 Å². The highest BCUT2D eigenvalue weighted by molar-refractivity contribution is 6.09. The minimum absolute atomic E-state index is 0.0853. The van der Waals surface area contributed by atoms with Gasteiger partial charge in [0, 0.05) is 17.5 Å². The van der Waals surface area contributed by atoms with Gasteiger partial charge in [0.2, 0.25) is 0 Å². The molecule has 0 aromatic heterocycles. The highest BCUT2D eigenvalue weighted by Gasteiger charge is 2.37. The van der Waals surface area contributed by atoms with E-state index >= 15 is 0 Å². The van der Waals surface area contributed by atoms with E-state index in [1.54, 1.807) is 32.1 Å². The Hall–Kier alpha value is -3.05. The maximum Gasteiger partial charge on any atom is 0.189 e. The summed E-state index contributed by atoms with van der Waals surface area (Å²) >= 11 is 0. The summed E-state index contributed by atoms with van der Waals surface area (Å²) in [7, 11) is 0. The largest absolute Gasteiger partial charge is 0.507 e. The van der Waals surface area contributed by atoms with Gasteiger partial charge in [-0.2, -0.15) is 0 Å². The molecule has 156 valence electrons. The number of ketones is 1. The molecule has 4 rings (SSSR count). The normalized spacial score (nSPS) is 19.2. The molecule has 0 aliphatic carbocycles. The maximum absolute atomic E-state index is 12.7. The number of ether oxygens (including phenoxy) is 2. The van der Waals surface area contributed by atoms with Crippen LogP contribution in [0.3, 0.4) is 0 Å². The van der Waals surface area contributed by atoms with Gasteiger partial charge in [0.15, 0.2) is 5.78 Å². The summed E-state index contributed by atoms with van der Waals surface area (Å²) in [6.07, 6.45) is 7.07. The summed E-state index contributed by atoms with van der Waals surface area (Å²) in [5, 5.41) is 20.8. The van der Waals surface area contributed by atoms with Gasteiger partial charge in [-0.15, -0.1) is 0 Å². The number of hydrogen-bond acceptors (Lipinski definition) is 5.